The number of benzene rings is 2. The van der Waals surface area contributed by atoms with Gasteiger partial charge in [0.1, 0.15) is 11.9 Å². The van der Waals surface area contributed by atoms with Crippen molar-refractivity contribution in [1.29, 1.82) is 5.26 Å². The lowest BCUT2D eigenvalue weighted by molar-refractivity contribution is 0.0968. The molecule has 0 saturated carbocycles. The van der Waals surface area contributed by atoms with E-state index in [0.29, 0.717) is 5.56 Å². The maximum absolute atomic E-state index is 8.82. The molecule has 1 aliphatic heterocycles. The Bertz CT molecular complexity index is 685. The van der Waals surface area contributed by atoms with Gasteiger partial charge in [0.05, 0.1) is 11.6 Å². The van der Waals surface area contributed by atoms with E-state index in [2.05, 4.69) is 51.2 Å². The van der Waals surface area contributed by atoms with Crippen LogP contribution in [0.3, 0.4) is 0 Å². The summed E-state index contributed by atoms with van der Waals surface area (Å²) in [6.45, 7) is 3.09. The predicted molar refractivity (Wildman–Crippen MR) is 94.2 cm³/mol. The average Bonchev–Trinajstić information content (AvgIpc) is 2.57. The Morgan fingerprint density at radius 2 is 1.87 bits per heavy atom. The molecule has 0 bridgehead atoms. The fourth-order valence-corrected chi connectivity index (χ4v) is 3.33. The fourth-order valence-electron chi connectivity index (χ4n) is 2.88. The van der Waals surface area contributed by atoms with E-state index in [1.165, 1.54) is 5.56 Å². The molecule has 0 aliphatic carbocycles. The molecule has 118 valence electrons. The number of hydrogen-bond donors (Lipinski definition) is 0. The summed E-state index contributed by atoms with van der Waals surface area (Å²) in [6.07, 6.45) is 2.34. The topological polar surface area (TPSA) is 36.3 Å². The number of piperidine rings is 1. The van der Waals surface area contributed by atoms with Crippen LogP contribution in [0.2, 0.25) is 0 Å². The highest BCUT2D eigenvalue weighted by Crippen LogP contribution is 2.21. The normalized spacial score (nSPS) is 16.0. The Balaban J connectivity index is 1.49. The second-order valence-corrected chi connectivity index (χ2v) is 6.78. The summed E-state index contributed by atoms with van der Waals surface area (Å²) >= 11 is 3.53. The van der Waals surface area contributed by atoms with Crippen LogP contribution >= 0.6 is 15.9 Å². The standard InChI is InChI=1S/C19H19BrN2O/c20-17-3-1-2-16(12-17)14-22-10-8-19(9-11-22)23-18-6-4-15(13-21)5-7-18/h1-7,12,19H,8-11,14H2. The molecule has 0 unspecified atom stereocenters. The largest absolute Gasteiger partial charge is 0.490 e. The minimum absolute atomic E-state index is 0.265. The smallest absolute Gasteiger partial charge is 0.119 e. The lowest BCUT2D eigenvalue weighted by atomic mass is 10.1. The number of hydrogen-bond acceptors (Lipinski definition) is 3. The molecule has 0 amide bonds. The number of ether oxygens (including phenoxy) is 1. The summed E-state index contributed by atoms with van der Waals surface area (Å²) in [5, 5.41) is 8.82. The van der Waals surface area contributed by atoms with Crippen molar-refractivity contribution in [2.45, 2.75) is 25.5 Å². The van der Waals surface area contributed by atoms with E-state index in [9.17, 15) is 0 Å². The maximum atomic E-state index is 8.82. The van der Waals surface area contributed by atoms with Gasteiger partial charge in [-0.3, -0.25) is 4.90 Å². The number of nitrogens with zero attached hydrogens (tertiary/aromatic N) is 2. The molecular formula is C19H19BrN2O. The third-order valence-electron chi connectivity index (χ3n) is 4.12. The molecule has 1 fully saturated rings. The molecule has 2 aromatic rings. The average molecular weight is 371 g/mol. The number of nitriles is 1. The Labute approximate surface area is 145 Å². The van der Waals surface area contributed by atoms with Crippen molar-refractivity contribution >= 4 is 15.9 Å². The number of likely N-dealkylation sites (tertiary alicyclic amines) is 1. The molecule has 3 rings (SSSR count). The predicted octanol–water partition coefficient (Wildman–Crippen LogP) is 4.36. The lowest BCUT2D eigenvalue weighted by Crippen LogP contribution is -2.37. The van der Waals surface area contributed by atoms with Crippen molar-refractivity contribution in [3.63, 3.8) is 0 Å². The Kier molecular flexibility index (Phi) is 5.32. The number of halogens is 1. The highest BCUT2D eigenvalue weighted by atomic mass is 79.9. The van der Waals surface area contributed by atoms with Crippen molar-refractivity contribution in [2.24, 2.45) is 0 Å². The van der Waals surface area contributed by atoms with E-state index in [-0.39, 0.29) is 6.10 Å². The van der Waals surface area contributed by atoms with E-state index < -0.39 is 0 Å². The van der Waals surface area contributed by atoms with E-state index in [1.807, 2.05) is 12.1 Å². The molecule has 1 saturated heterocycles. The van der Waals surface area contributed by atoms with E-state index in [4.69, 9.17) is 10.00 Å². The first-order valence-corrected chi connectivity index (χ1v) is 8.66. The summed E-state index contributed by atoms with van der Waals surface area (Å²) in [7, 11) is 0. The van der Waals surface area contributed by atoms with Crippen LogP contribution in [-0.2, 0) is 6.54 Å². The number of rotatable bonds is 4. The van der Waals surface area contributed by atoms with Crippen molar-refractivity contribution < 1.29 is 4.74 Å². The first-order valence-electron chi connectivity index (χ1n) is 7.86. The van der Waals surface area contributed by atoms with Crippen LogP contribution in [0.1, 0.15) is 24.0 Å². The zero-order valence-corrected chi connectivity index (χ0v) is 14.5. The van der Waals surface area contributed by atoms with Gasteiger partial charge < -0.3 is 4.74 Å². The first kappa shape index (κ1) is 16.0. The van der Waals surface area contributed by atoms with Gasteiger partial charge in [0, 0.05) is 24.1 Å². The van der Waals surface area contributed by atoms with Crippen LogP contribution < -0.4 is 4.74 Å². The third kappa shape index (κ3) is 4.57. The highest BCUT2D eigenvalue weighted by molar-refractivity contribution is 9.10. The second kappa shape index (κ2) is 7.63. The molecule has 4 heteroatoms. The molecule has 0 N–H and O–H groups in total. The molecule has 1 heterocycles. The Morgan fingerprint density at radius 3 is 2.52 bits per heavy atom. The minimum atomic E-state index is 0.265. The Morgan fingerprint density at radius 1 is 1.13 bits per heavy atom. The maximum Gasteiger partial charge on any atom is 0.119 e. The highest BCUT2D eigenvalue weighted by Gasteiger charge is 2.20. The lowest BCUT2D eigenvalue weighted by Gasteiger charge is -2.32. The van der Waals surface area contributed by atoms with E-state index >= 15 is 0 Å². The molecule has 0 atom stereocenters. The van der Waals surface area contributed by atoms with Crippen molar-refractivity contribution in [1.82, 2.24) is 4.90 Å². The second-order valence-electron chi connectivity index (χ2n) is 5.86. The zero-order chi connectivity index (χ0) is 16.1. The molecule has 1 aliphatic rings. The van der Waals surface area contributed by atoms with Gasteiger partial charge in [0.15, 0.2) is 0 Å². The van der Waals surface area contributed by atoms with Gasteiger partial charge in [0.2, 0.25) is 0 Å². The molecule has 0 aromatic heterocycles. The van der Waals surface area contributed by atoms with Gasteiger partial charge in [-0.25, -0.2) is 0 Å². The molecule has 2 aromatic carbocycles. The molecule has 0 radical (unpaired) electrons. The van der Waals surface area contributed by atoms with Crippen molar-refractivity contribution in [3.05, 3.63) is 64.1 Å². The van der Waals surface area contributed by atoms with Gasteiger partial charge >= 0.3 is 0 Å². The molecule has 0 spiro atoms. The van der Waals surface area contributed by atoms with Crippen LogP contribution in [0, 0.1) is 11.3 Å². The van der Waals surface area contributed by atoms with Crippen LogP contribution in [-0.4, -0.2) is 24.1 Å². The van der Waals surface area contributed by atoms with E-state index in [0.717, 1.165) is 42.7 Å². The van der Waals surface area contributed by atoms with Gasteiger partial charge in [0.25, 0.3) is 0 Å². The SMILES string of the molecule is N#Cc1ccc(OC2CCN(Cc3cccc(Br)c3)CC2)cc1. The zero-order valence-electron chi connectivity index (χ0n) is 12.9. The van der Waals surface area contributed by atoms with Crippen LogP contribution in [0.25, 0.3) is 0 Å². The summed E-state index contributed by atoms with van der Waals surface area (Å²) < 4.78 is 7.16. The van der Waals surface area contributed by atoms with Gasteiger partial charge in [-0.15, -0.1) is 0 Å². The summed E-state index contributed by atoms with van der Waals surface area (Å²) in [4.78, 5) is 2.47. The van der Waals surface area contributed by atoms with Crippen molar-refractivity contribution in [2.75, 3.05) is 13.1 Å². The van der Waals surface area contributed by atoms with Crippen LogP contribution in [0.15, 0.2) is 53.0 Å². The first-order chi connectivity index (χ1) is 11.2. The molecule has 23 heavy (non-hydrogen) atoms. The van der Waals surface area contributed by atoms with Crippen LogP contribution in [0.4, 0.5) is 0 Å². The Hall–Kier alpha value is -1.83. The summed E-state index contributed by atoms with van der Waals surface area (Å²) in [6, 6.07) is 18.0. The minimum Gasteiger partial charge on any atom is -0.490 e. The third-order valence-corrected chi connectivity index (χ3v) is 4.61. The van der Waals surface area contributed by atoms with E-state index in [1.54, 1.807) is 12.1 Å². The van der Waals surface area contributed by atoms with Gasteiger partial charge in [-0.2, -0.15) is 5.26 Å². The fraction of sp³-hybridized carbons (Fsp3) is 0.316. The monoisotopic (exact) mass is 370 g/mol. The van der Waals surface area contributed by atoms with Gasteiger partial charge in [-0.1, -0.05) is 28.1 Å². The quantitative estimate of drug-likeness (QED) is 0.801. The molecule has 3 nitrogen and oxygen atoms in total. The van der Waals surface area contributed by atoms with Gasteiger partial charge in [-0.05, 0) is 54.8 Å². The van der Waals surface area contributed by atoms with Crippen LogP contribution in [0.5, 0.6) is 5.75 Å². The summed E-state index contributed by atoms with van der Waals surface area (Å²) in [5.41, 5.74) is 2.01. The van der Waals surface area contributed by atoms with Crippen molar-refractivity contribution in [3.8, 4) is 11.8 Å². The molecular weight excluding hydrogens is 352 g/mol. The summed E-state index contributed by atoms with van der Waals surface area (Å²) in [5.74, 6) is 0.856.